The van der Waals surface area contributed by atoms with Crippen LogP contribution in [0.4, 0.5) is 5.69 Å². The maximum absolute atomic E-state index is 11.7. The Morgan fingerprint density at radius 3 is 2.62 bits per heavy atom. The van der Waals surface area contributed by atoms with Gasteiger partial charge in [0, 0.05) is 18.4 Å². The molecule has 2 aromatic rings. The number of H-pyrrole nitrogens is 1. The molecule has 1 aromatic heterocycles. The Bertz CT molecular complexity index is 585. The van der Waals surface area contributed by atoms with Gasteiger partial charge in [-0.25, -0.2) is 4.98 Å². The van der Waals surface area contributed by atoms with Gasteiger partial charge < -0.3 is 15.8 Å². The number of nitrogens with zero attached hydrogens (tertiary/aromatic N) is 2. The first kappa shape index (κ1) is 17.1. The minimum atomic E-state index is -0.491. The molecule has 0 fully saturated rings. The Labute approximate surface area is 128 Å². The monoisotopic (exact) mass is 311 g/mol. The number of benzene rings is 1. The number of aromatic nitrogens is 3. The van der Waals surface area contributed by atoms with Crippen molar-refractivity contribution in [2.45, 2.75) is 19.6 Å². The maximum atomic E-state index is 11.7. The van der Waals surface area contributed by atoms with Crippen molar-refractivity contribution in [3.05, 3.63) is 30.1 Å². The number of nitrogens with one attached hydrogen (secondary N) is 2. The first-order valence-electron chi connectivity index (χ1n) is 6.19. The van der Waals surface area contributed by atoms with E-state index in [9.17, 15) is 4.79 Å². The van der Waals surface area contributed by atoms with Gasteiger partial charge in [0.2, 0.25) is 0 Å². The van der Waals surface area contributed by atoms with Crippen LogP contribution in [0.25, 0.3) is 11.4 Å². The normalized spacial score (nSPS) is 11.6. The molecular formula is C13H18ClN5O2. The van der Waals surface area contributed by atoms with Crippen molar-refractivity contribution in [1.29, 1.82) is 0 Å². The van der Waals surface area contributed by atoms with Crippen molar-refractivity contribution < 1.29 is 9.53 Å². The third-order valence-corrected chi connectivity index (χ3v) is 2.86. The van der Waals surface area contributed by atoms with E-state index >= 15 is 0 Å². The highest BCUT2D eigenvalue weighted by Gasteiger charge is 2.11. The van der Waals surface area contributed by atoms with Crippen LogP contribution in [-0.2, 0) is 16.1 Å². The summed E-state index contributed by atoms with van der Waals surface area (Å²) in [6, 6.07) is 7.23. The zero-order valence-electron chi connectivity index (χ0n) is 11.8. The van der Waals surface area contributed by atoms with Crippen molar-refractivity contribution in [3.63, 3.8) is 0 Å². The quantitative estimate of drug-likeness (QED) is 0.772. The van der Waals surface area contributed by atoms with E-state index in [1.54, 1.807) is 19.1 Å². The minimum absolute atomic E-state index is 0. The molecule has 0 radical (unpaired) electrons. The largest absolute Gasteiger partial charge is 0.372 e. The number of amides is 1. The van der Waals surface area contributed by atoms with Gasteiger partial charge in [-0.3, -0.25) is 9.89 Å². The number of methoxy groups -OCH3 is 1. The van der Waals surface area contributed by atoms with Crippen LogP contribution in [0, 0.1) is 0 Å². The lowest BCUT2D eigenvalue weighted by atomic mass is 10.2. The zero-order chi connectivity index (χ0) is 14.5. The number of nitrogens with two attached hydrogens (primary N) is 1. The Morgan fingerprint density at radius 2 is 2.10 bits per heavy atom. The van der Waals surface area contributed by atoms with Gasteiger partial charge in [0.05, 0.1) is 6.54 Å². The van der Waals surface area contributed by atoms with E-state index in [-0.39, 0.29) is 18.3 Å². The summed E-state index contributed by atoms with van der Waals surface area (Å²) < 4.78 is 4.94. The summed E-state index contributed by atoms with van der Waals surface area (Å²) in [5, 5.41) is 9.57. The molecule has 4 N–H and O–H groups in total. The molecule has 2 rings (SSSR count). The molecule has 0 aliphatic rings. The lowest BCUT2D eigenvalue weighted by Crippen LogP contribution is -2.26. The van der Waals surface area contributed by atoms with E-state index in [1.165, 1.54) is 7.11 Å². The van der Waals surface area contributed by atoms with Crippen molar-refractivity contribution in [2.75, 3.05) is 12.4 Å². The van der Waals surface area contributed by atoms with Crippen LogP contribution in [0.5, 0.6) is 0 Å². The fraction of sp³-hybridized carbons (Fsp3) is 0.308. The van der Waals surface area contributed by atoms with E-state index in [4.69, 9.17) is 10.5 Å². The summed E-state index contributed by atoms with van der Waals surface area (Å²) >= 11 is 0. The van der Waals surface area contributed by atoms with Crippen LogP contribution in [0.15, 0.2) is 24.3 Å². The average molecular weight is 312 g/mol. The van der Waals surface area contributed by atoms with Crippen LogP contribution in [-0.4, -0.2) is 34.3 Å². The predicted octanol–water partition coefficient (Wildman–Crippen LogP) is 1.33. The van der Waals surface area contributed by atoms with E-state index in [1.807, 2.05) is 12.1 Å². The van der Waals surface area contributed by atoms with Gasteiger partial charge >= 0.3 is 0 Å². The second-order valence-electron chi connectivity index (χ2n) is 4.25. The Kier molecular flexibility index (Phi) is 6.29. The lowest BCUT2D eigenvalue weighted by Gasteiger charge is -2.10. The van der Waals surface area contributed by atoms with Gasteiger partial charge in [0.1, 0.15) is 11.9 Å². The van der Waals surface area contributed by atoms with E-state index < -0.39 is 6.10 Å². The van der Waals surface area contributed by atoms with Gasteiger partial charge in [0.25, 0.3) is 5.91 Å². The number of anilines is 1. The molecule has 21 heavy (non-hydrogen) atoms. The molecule has 0 aliphatic carbocycles. The average Bonchev–Trinajstić information content (AvgIpc) is 2.96. The maximum Gasteiger partial charge on any atom is 0.253 e. The third-order valence-electron chi connectivity index (χ3n) is 2.86. The molecule has 0 bridgehead atoms. The van der Waals surface area contributed by atoms with Gasteiger partial charge in [0.15, 0.2) is 5.82 Å². The van der Waals surface area contributed by atoms with Crippen LogP contribution in [0.3, 0.4) is 0 Å². The summed E-state index contributed by atoms with van der Waals surface area (Å²) in [6.45, 7) is 2.00. The molecule has 1 aromatic carbocycles. The van der Waals surface area contributed by atoms with Gasteiger partial charge in [-0.05, 0) is 31.2 Å². The molecule has 0 spiro atoms. The summed E-state index contributed by atoms with van der Waals surface area (Å²) in [4.78, 5) is 15.9. The molecule has 0 aliphatic heterocycles. The molecule has 1 amide bonds. The van der Waals surface area contributed by atoms with Crippen LogP contribution >= 0.6 is 12.4 Å². The number of ether oxygens (including phenoxy) is 1. The number of hydrogen-bond donors (Lipinski definition) is 3. The van der Waals surface area contributed by atoms with Gasteiger partial charge in [-0.1, -0.05) is 0 Å². The van der Waals surface area contributed by atoms with Crippen LogP contribution in [0.1, 0.15) is 12.7 Å². The van der Waals surface area contributed by atoms with Crippen molar-refractivity contribution in [3.8, 4) is 11.4 Å². The highest BCUT2D eigenvalue weighted by atomic mass is 35.5. The SMILES string of the molecule is COC(C)C(=O)Nc1ccc(-c2n[nH]c(CN)n2)cc1.Cl. The Balaban J connectivity index is 0.00000220. The predicted molar refractivity (Wildman–Crippen MR) is 82.1 cm³/mol. The Morgan fingerprint density at radius 1 is 1.43 bits per heavy atom. The molecule has 114 valence electrons. The first-order valence-corrected chi connectivity index (χ1v) is 6.19. The topological polar surface area (TPSA) is 106 Å². The summed E-state index contributed by atoms with van der Waals surface area (Å²) in [5.41, 5.74) is 7.01. The fourth-order valence-corrected chi connectivity index (χ4v) is 1.57. The summed E-state index contributed by atoms with van der Waals surface area (Å²) in [5.74, 6) is 1.02. The highest BCUT2D eigenvalue weighted by molar-refractivity contribution is 5.94. The standard InChI is InChI=1S/C13H17N5O2.ClH/c1-8(20-2)13(19)15-10-5-3-9(4-6-10)12-16-11(7-14)17-18-12;/h3-6,8H,7,14H2,1-2H3,(H,15,19)(H,16,17,18);1H. The molecule has 1 atom stereocenters. The highest BCUT2D eigenvalue weighted by Crippen LogP contribution is 2.18. The van der Waals surface area contributed by atoms with Crippen molar-refractivity contribution in [2.24, 2.45) is 5.73 Å². The number of carbonyl (C=O) groups excluding carboxylic acids is 1. The first-order chi connectivity index (χ1) is 9.63. The van der Waals surface area contributed by atoms with Crippen LogP contribution in [0.2, 0.25) is 0 Å². The molecule has 0 saturated heterocycles. The van der Waals surface area contributed by atoms with Crippen molar-refractivity contribution in [1.82, 2.24) is 15.2 Å². The number of halogens is 1. The molecule has 8 heteroatoms. The summed E-state index contributed by atoms with van der Waals surface area (Å²) in [7, 11) is 1.49. The molecular weight excluding hydrogens is 294 g/mol. The fourth-order valence-electron chi connectivity index (χ4n) is 1.57. The smallest absolute Gasteiger partial charge is 0.253 e. The number of hydrogen-bond acceptors (Lipinski definition) is 5. The number of rotatable bonds is 5. The minimum Gasteiger partial charge on any atom is -0.372 e. The van der Waals surface area contributed by atoms with E-state index in [0.29, 0.717) is 23.9 Å². The van der Waals surface area contributed by atoms with E-state index in [0.717, 1.165) is 5.56 Å². The lowest BCUT2D eigenvalue weighted by molar-refractivity contribution is -0.124. The van der Waals surface area contributed by atoms with Gasteiger partial charge in [-0.2, -0.15) is 5.10 Å². The number of aromatic amines is 1. The summed E-state index contributed by atoms with van der Waals surface area (Å²) in [6.07, 6.45) is -0.491. The van der Waals surface area contributed by atoms with Gasteiger partial charge in [-0.15, -0.1) is 12.4 Å². The second-order valence-corrected chi connectivity index (χ2v) is 4.25. The van der Waals surface area contributed by atoms with E-state index in [2.05, 4.69) is 20.5 Å². The molecule has 1 heterocycles. The van der Waals surface area contributed by atoms with Crippen LogP contribution < -0.4 is 11.1 Å². The number of carbonyl (C=O) groups is 1. The molecule has 7 nitrogen and oxygen atoms in total. The van der Waals surface area contributed by atoms with Crippen molar-refractivity contribution >= 4 is 24.0 Å². The zero-order valence-corrected chi connectivity index (χ0v) is 12.6. The second kappa shape index (κ2) is 7.72. The molecule has 1 unspecified atom stereocenters. The molecule has 0 saturated carbocycles. The third kappa shape index (κ3) is 4.25. The Hall–Kier alpha value is -1.96.